The molecule has 0 aromatic heterocycles. The van der Waals surface area contributed by atoms with Crippen LogP contribution in [0.4, 0.5) is 13.2 Å². The molecule has 96 valence electrons. The number of terminal acetylenes is 1. The summed E-state index contributed by atoms with van der Waals surface area (Å²) >= 11 is 0. The molecule has 0 radical (unpaired) electrons. The van der Waals surface area contributed by atoms with Gasteiger partial charge in [-0.1, -0.05) is 12.3 Å². The summed E-state index contributed by atoms with van der Waals surface area (Å²) in [5.74, 6) is -0.641. The first kappa shape index (κ1) is 13.8. The van der Waals surface area contributed by atoms with Gasteiger partial charge in [-0.05, 0) is 19.3 Å². The fourth-order valence-corrected chi connectivity index (χ4v) is 2.21. The highest BCUT2D eigenvalue weighted by Gasteiger charge is 2.50. The lowest BCUT2D eigenvalue weighted by atomic mass is 9.75. The second-order valence-corrected chi connectivity index (χ2v) is 4.28. The predicted octanol–water partition coefficient (Wildman–Crippen LogP) is 1.79. The minimum atomic E-state index is -4.35. The molecule has 2 atom stereocenters. The van der Waals surface area contributed by atoms with Crippen molar-refractivity contribution in [2.75, 3.05) is 6.54 Å². The van der Waals surface area contributed by atoms with Crippen LogP contribution in [0.3, 0.4) is 0 Å². The Morgan fingerprint density at radius 1 is 1.59 bits per heavy atom. The number of aliphatic carboxylic acids is 1. The van der Waals surface area contributed by atoms with Gasteiger partial charge in [0.2, 0.25) is 0 Å². The maximum atomic E-state index is 12.6. The molecule has 1 aliphatic carbocycles. The van der Waals surface area contributed by atoms with Crippen LogP contribution in [0.1, 0.15) is 25.7 Å². The summed E-state index contributed by atoms with van der Waals surface area (Å²) in [6.07, 6.45) is 0.588. The number of carboxylic acid groups (broad SMARTS) is 1. The van der Waals surface area contributed by atoms with Gasteiger partial charge in [0.05, 0.1) is 12.5 Å². The number of halogens is 3. The molecule has 3 nitrogen and oxygen atoms in total. The lowest BCUT2D eigenvalue weighted by Gasteiger charge is -2.38. The van der Waals surface area contributed by atoms with Crippen LogP contribution in [0.15, 0.2) is 0 Å². The summed E-state index contributed by atoms with van der Waals surface area (Å²) in [7, 11) is 0. The molecule has 0 bridgehead atoms. The lowest BCUT2D eigenvalue weighted by molar-refractivity contribution is -0.191. The van der Waals surface area contributed by atoms with Crippen molar-refractivity contribution in [3.8, 4) is 12.3 Å². The van der Waals surface area contributed by atoms with E-state index in [1.165, 1.54) is 0 Å². The Morgan fingerprint density at radius 2 is 2.24 bits per heavy atom. The molecular weight excluding hydrogens is 235 g/mol. The van der Waals surface area contributed by atoms with Crippen LogP contribution in [0, 0.1) is 18.3 Å². The van der Waals surface area contributed by atoms with E-state index in [1.807, 2.05) is 0 Å². The third-order valence-electron chi connectivity index (χ3n) is 3.15. The third kappa shape index (κ3) is 3.13. The predicted molar refractivity (Wildman–Crippen MR) is 55.2 cm³/mol. The zero-order chi connectivity index (χ0) is 13.1. The van der Waals surface area contributed by atoms with Gasteiger partial charge in [0.15, 0.2) is 0 Å². The molecule has 2 N–H and O–H groups in total. The highest BCUT2D eigenvalue weighted by molar-refractivity contribution is 5.79. The van der Waals surface area contributed by atoms with E-state index in [4.69, 9.17) is 11.5 Å². The van der Waals surface area contributed by atoms with Crippen molar-refractivity contribution in [1.82, 2.24) is 5.32 Å². The van der Waals surface area contributed by atoms with Crippen LogP contribution in [-0.4, -0.2) is 29.3 Å². The van der Waals surface area contributed by atoms with Gasteiger partial charge in [0.1, 0.15) is 5.54 Å². The smallest absolute Gasteiger partial charge is 0.391 e. The molecule has 1 rings (SSSR count). The van der Waals surface area contributed by atoms with Gasteiger partial charge in [0, 0.05) is 0 Å². The molecule has 0 spiro atoms. The van der Waals surface area contributed by atoms with Crippen LogP contribution in [0.5, 0.6) is 0 Å². The van der Waals surface area contributed by atoms with Crippen LogP contribution in [-0.2, 0) is 4.79 Å². The minimum Gasteiger partial charge on any atom is -0.480 e. The van der Waals surface area contributed by atoms with Gasteiger partial charge < -0.3 is 5.11 Å². The Labute approximate surface area is 97.4 Å². The summed E-state index contributed by atoms with van der Waals surface area (Å²) in [6.45, 7) is -0.0448. The van der Waals surface area contributed by atoms with Crippen molar-refractivity contribution in [2.24, 2.45) is 5.92 Å². The summed E-state index contributed by atoms with van der Waals surface area (Å²) < 4.78 is 37.8. The summed E-state index contributed by atoms with van der Waals surface area (Å²) in [4.78, 5) is 11.2. The largest absolute Gasteiger partial charge is 0.480 e. The van der Waals surface area contributed by atoms with Gasteiger partial charge in [0.25, 0.3) is 0 Å². The van der Waals surface area contributed by atoms with Crippen LogP contribution < -0.4 is 5.32 Å². The standard InChI is InChI=1S/C11H14F3NO2/c1-2-6-15-10(9(16)17)5-3-4-8(7-10)11(12,13)14/h1,8,15H,3-7H2,(H,16,17). The van der Waals surface area contributed by atoms with E-state index >= 15 is 0 Å². The first-order valence-corrected chi connectivity index (χ1v) is 5.30. The highest BCUT2D eigenvalue weighted by atomic mass is 19.4. The molecule has 0 amide bonds. The number of rotatable bonds is 3. The van der Waals surface area contributed by atoms with E-state index in [0.717, 1.165) is 0 Å². The first-order valence-electron chi connectivity index (χ1n) is 5.30. The first-order chi connectivity index (χ1) is 7.82. The molecular formula is C11H14F3NO2. The SMILES string of the molecule is C#CCNC1(C(=O)O)CCCC(C(F)(F)F)C1. The molecule has 1 fully saturated rings. The maximum Gasteiger partial charge on any atom is 0.391 e. The molecule has 6 heteroatoms. The molecule has 2 unspecified atom stereocenters. The van der Waals surface area contributed by atoms with Gasteiger partial charge >= 0.3 is 12.1 Å². The quantitative estimate of drug-likeness (QED) is 0.750. The molecule has 0 saturated heterocycles. The van der Waals surface area contributed by atoms with Crippen molar-refractivity contribution < 1.29 is 23.1 Å². The van der Waals surface area contributed by atoms with Crippen molar-refractivity contribution in [2.45, 2.75) is 37.4 Å². The summed E-state index contributed by atoms with van der Waals surface area (Å²) in [5.41, 5.74) is -1.54. The molecule has 1 saturated carbocycles. The summed E-state index contributed by atoms with van der Waals surface area (Å²) in [6, 6.07) is 0. The fourth-order valence-electron chi connectivity index (χ4n) is 2.21. The van der Waals surface area contributed by atoms with E-state index in [2.05, 4.69) is 11.2 Å². The molecule has 17 heavy (non-hydrogen) atoms. The average Bonchev–Trinajstić information content (AvgIpc) is 2.25. The lowest BCUT2D eigenvalue weighted by Crippen LogP contribution is -2.56. The normalized spacial score (nSPS) is 29.6. The number of carbonyl (C=O) groups is 1. The minimum absolute atomic E-state index is 0.0176. The van der Waals surface area contributed by atoms with Crippen LogP contribution in [0.25, 0.3) is 0 Å². The van der Waals surface area contributed by atoms with Crippen molar-refractivity contribution >= 4 is 5.97 Å². The van der Waals surface area contributed by atoms with Gasteiger partial charge in [-0.25, -0.2) is 0 Å². The van der Waals surface area contributed by atoms with E-state index < -0.39 is 30.0 Å². The number of hydrogen-bond acceptors (Lipinski definition) is 2. The Morgan fingerprint density at radius 3 is 2.71 bits per heavy atom. The van der Waals surface area contributed by atoms with Gasteiger partial charge in [-0.15, -0.1) is 6.42 Å². The monoisotopic (exact) mass is 249 g/mol. The number of hydrogen-bond donors (Lipinski definition) is 2. The van der Waals surface area contributed by atoms with E-state index in [9.17, 15) is 18.0 Å². The fraction of sp³-hybridized carbons (Fsp3) is 0.727. The Kier molecular flexibility index (Phi) is 4.04. The van der Waals surface area contributed by atoms with E-state index in [-0.39, 0.29) is 25.8 Å². The molecule has 0 aromatic carbocycles. The average molecular weight is 249 g/mol. The van der Waals surface area contributed by atoms with Crippen molar-refractivity contribution in [1.29, 1.82) is 0 Å². The molecule has 0 aliphatic heterocycles. The second-order valence-electron chi connectivity index (χ2n) is 4.28. The maximum absolute atomic E-state index is 12.6. The van der Waals surface area contributed by atoms with Crippen molar-refractivity contribution in [3.63, 3.8) is 0 Å². The topological polar surface area (TPSA) is 49.3 Å². The zero-order valence-corrected chi connectivity index (χ0v) is 9.18. The molecule has 0 heterocycles. The van der Waals surface area contributed by atoms with Crippen LogP contribution in [0.2, 0.25) is 0 Å². The van der Waals surface area contributed by atoms with Crippen LogP contribution >= 0.6 is 0 Å². The van der Waals surface area contributed by atoms with Gasteiger partial charge in [-0.2, -0.15) is 13.2 Å². The zero-order valence-electron chi connectivity index (χ0n) is 9.18. The van der Waals surface area contributed by atoms with Gasteiger partial charge in [-0.3, -0.25) is 10.1 Å². The Hall–Kier alpha value is -1.22. The second kappa shape index (κ2) is 4.96. The van der Waals surface area contributed by atoms with E-state index in [0.29, 0.717) is 0 Å². The van der Waals surface area contributed by atoms with E-state index in [1.54, 1.807) is 0 Å². The molecule has 1 aliphatic rings. The summed E-state index contributed by atoms with van der Waals surface area (Å²) in [5, 5.41) is 11.7. The third-order valence-corrected chi connectivity index (χ3v) is 3.15. The van der Waals surface area contributed by atoms with Crippen molar-refractivity contribution in [3.05, 3.63) is 0 Å². The Balaban J connectivity index is 2.85. The number of alkyl halides is 3. The Bertz CT molecular complexity index is 335. The number of carboxylic acids is 1. The highest BCUT2D eigenvalue weighted by Crippen LogP contribution is 2.41. The molecule has 0 aromatic rings. The number of nitrogens with one attached hydrogen (secondary N) is 1.